The fourth-order valence-electron chi connectivity index (χ4n) is 3.39. The Morgan fingerprint density at radius 3 is 2.88 bits per heavy atom. The SMILES string of the molecule is CCc1nsc(N2CCCN(C(=O)NC3CCCC(F)(F)C3)CC2)n1. The van der Waals surface area contributed by atoms with Crippen LogP contribution in [0.4, 0.5) is 18.7 Å². The molecule has 1 aromatic heterocycles. The van der Waals surface area contributed by atoms with E-state index in [0.717, 1.165) is 30.3 Å². The molecule has 1 unspecified atom stereocenters. The summed E-state index contributed by atoms with van der Waals surface area (Å²) in [5, 5.41) is 3.70. The van der Waals surface area contributed by atoms with Crippen LogP contribution < -0.4 is 10.2 Å². The number of urea groups is 1. The molecule has 2 aliphatic rings. The van der Waals surface area contributed by atoms with Crippen molar-refractivity contribution in [2.24, 2.45) is 0 Å². The molecule has 2 heterocycles. The van der Waals surface area contributed by atoms with E-state index in [1.54, 1.807) is 4.90 Å². The minimum atomic E-state index is -2.65. The lowest BCUT2D eigenvalue weighted by Crippen LogP contribution is -2.49. The normalized spacial score (nSPS) is 24.0. The van der Waals surface area contributed by atoms with E-state index in [9.17, 15) is 13.6 Å². The highest BCUT2D eigenvalue weighted by atomic mass is 32.1. The van der Waals surface area contributed by atoms with E-state index < -0.39 is 12.0 Å². The maximum Gasteiger partial charge on any atom is 0.317 e. The second kappa shape index (κ2) is 7.80. The van der Waals surface area contributed by atoms with Crippen LogP contribution >= 0.6 is 11.5 Å². The molecule has 1 atom stereocenters. The molecule has 0 bridgehead atoms. The predicted molar refractivity (Wildman–Crippen MR) is 93.4 cm³/mol. The van der Waals surface area contributed by atoms with E-state index in [1.165, 1.54) is 11.5 Å². The van der Waals surface area contributed by atoms with Crippen molar-refractivity contribution in [2.45, 2.75) is 57.4 Å². The van der Waals surface area contributed by atoms with Gasteiger partial charge in [0.2, 0.25) is 11.1 Å². The first kappa shape index (κ1) is 18.3. The first-order valence-electron chi connectivity index (χ1n) is 8.97. The maximum atomic E-state index is 13.5. The molecule has 3 rings (SSSR count). The van der Waals surface area contributed by atoms with Gasteiger partial charge in [0.1, 0.15) is 5.82 Å². The van der Waals surface area contributed by atoms with Crippen molar-refractivity contribution in [2.75, 3.05) is 31.1 Å². The number of nitrogens with one attached hydrogen (secondary N) is 1. The van der Waals surface area contributed by atoms with Gasteiger partial charge in [0, 0.05) is 63.0 Å². The number of anilines is 1. The molecule has 1 N–H and O–H groups in total. The lowest BCUT2D eigenvalue weighted by atomic mass is 9.92. The molecule has 1 aromatic rings. The molecule has 2 amide bonds. The van der Waals surface area contributed by atoms with Gasteiger partial charge in [-0.15, -0.1) is 0 Å². The van der Waals surface area contributed by atoms with Gasteiger partial charge in [-0.3, -0.25) is 0 Å². The second-order valence-corrected chi connectivity index (χ2v) is 7.50. The van der Waals surface area contributed by atoms with Gasteiger partial charge in [-0.05, 0) is 19.3 Å². The number of aromatic nitrogens is 2. The quantitative estimate of drug-likeness (QED) is 0.885. The Morgan fingerprint density at radius 1 is 1.32 bits per heavy atom. The summed E-state index contributed by atoms with van der Waals surface area (Å²) in [6.07, 6.45) is 2.41. The third kappa shape index (κ3) is 4.77. The molecule has 25 heavy (non-hydrogen) atoms. The third-order valence-corrected chi connectivity index (χ3v) is 5.61. The van der Waals surface area contributed by atoms with E-state index in [4.69, 9.17) is 0 Å². The number of nitrogens with zero attached hydrogens (tertiary/aromatic N) is 4. The first-order valence-corrected chi connectivity index (χ1v) is 9.75. The van der Waals surface area contributed by atoms with E-state index >= 15 is 0 Å². The van der Waals surface area contributed by atoms with Crippen molar-refractivity contribution < 1.29 is 13.6 Å². The summed E-state index contributed by atoms with van der Waals surface area (Å²) in [7, 11) is 0. The van der Waals surface area contributed by atoms with Gasteiger partial charge in [-0.25, -0.2) is 18.6 Å². The van der Waals surface area contributed by atoms with Crippen LogP contribution in [0.5, 0.6) is 0 Å². The number of carbonyl (C=O) groups is 1. The molecule has 1 saturated heterocycles. The molecule has 0 aromatic carbocycles. The van der Waals surface area contributed by atoms with Gasteiger partial charge >= 0.3 is 6.03 Å². The highest BCUT2D eigenvalue weighted by Crippen LogP contribution is 2.33. The van der Waals surface area contributed by atoms with Gasteiger partial charge in [-0.1, -0.05) is 6.92 Å². The number of halogens is 2. The largest absolute Gasteiger partial charge is 0.345 e. The lowest BCUT2D eigenvalue weighted by Gasteiger charge is -2.31. The zero-order valence-corrected chi connectivity index (χ0v) is 15.3. The average molecular weight is 373 g/mol. The number of carbonyl (C=O) groups excluding carboxylic acids is 1. The Labute approximate surface area is 150 Å². The molecule has 1 aliphatic carbocycles. The number of alkyl halides is 2. The lowest BCUT2D eigenvalue weighted by molar-refractivity contribution is -0.0429. The van der Waals surface area contributed by atoms with Crippen molar-refractivity contribution in [3.8, 4) is 0 Å². The number of hydrogen-bond donors (Lipinski definition) is 1. The van der Waals surface area contributed by atoms with Crippen LogP contribution in [-0.4, -0.2) is 58.4 Å². The van der Waals surface area contributed by atoms with Crippen molar-refractivity contribution in [3.63, 3.8) is 0 Å². The van der Waals surface area contributed by atoms with Crippen molar-refractivity contribution in [1.29, 1.82) is 0 Å². The minimum Gasteiger partial charge on any atom is -0.345 e. The molecule has 9 heteroatoms. The van der Waals surface area contributed by atoms with Gasteiger partial charge in [0.15, 0.2) is 0 Å². The Kier molecular flexibility index (Phi) is 5.71. The number of amides is 2. The molecular weight excluding hydrogens is 348 g/mol. The fourth-order valence-corrected chi connectivity index (χ4v) is 4.19. The molecule has 1 saturated carbocycles. The van der Waals surface area contributed by atoms with Gasteiger partial charge in [-0.2, -0.15) is 4.37 Å². The van der Waals surface area contributed by atoms with Crippen LogP contribution in [0.3, 0.4) is 0 Å². The molecular formula is C16H25F2N5OS. The summed E-state index contributed by atoms with van der Waals surface area (Å²) in [4.78, 5) is 20.8. The standard InChI is InChI=1S/C16H25F2N5OS/c1-2-13-20-15(25-21-13)23-8-4-7-22(9-10-23)14(24)19-12-5-3-6-16(17,18)11-12/h12H,2-11H2,1H3,(H,19,24). The smallest absolute Gasteiger partial charge is 0.317 e. The Balaban J connectivity index is 1.52. The Hall–Kier alpha value is -1.51. The zero-order chi connectivity index (χ0) is 17.9. The number of hydrogen-bond acceptors (Lipinski definition) is 5. The fraction of sp³-hybridized carbons (Fsp3) is 0.812. The van der Waals surface area contributed by atoms with Crippen LogP contribution in [0.1, 0.15) is 44.9 Å². The monoisotopic (exact) mass is 373 g/mol. The molecule has 0 spiro atoms. The first-order chi connectivity index (χ1) is 12.0. The van der Waals surface area contributed by atoms with Crippen molar-refractivity contribution in [3.05, 3.63) is 5.82 Å². The third-order valence-electron chi connectivity index (χ3n) is 4.79. The Morgan fingerprint density at radius 2 is 2.16 bits per heavy atom. The van der Waals surface area contributed by atoms with Crippen LogP contribution in [0.25, 0.3) is 0 Å². The van der Waals surface area contributed by atoms with E-state index in [1.807, 2.05) is 6.92 Å². The Bertz CT molecular complexity index is 597. The minimum absolute atomic E-state index is 0.0698. The second-order valence-electron chi connectivity index (χ2n) is 6.77. The van der Waals surface area contributed by atoms with Crippen LogP contribution in [0.2, 0.25) is 0 Å². The van der Waals surface area contributed by atoms with Crippen molar-refractivity contribution in [1.82, 2.24) is 19.6 Å². The summed E-state index contributed by atoms with van der Waals surface area (Å²) in [5.74, 6) is -1.81. The van der Waals surface area contributed by atoms with E-state index in [-0.39, 0.29) is 18.9 Å². The molecule has 140 valence electrons. The number of rotatable bonds is 3. The number of aryl methyl sites for hydroxylation is 1. The summed E-state index contributed by atoms with van der Waals surface area (Å²) >= 11 is 1.39. The van der Waals surface area contributed by atoms with Gasteiger partial charge < -0.3 is 15.1 Å². The van der Waals surface area contributed by atoms with Crippen molar-refractivity contribution >= 4 is 22.7 Å². The summed E-state index contributed by atoms with van der Waals surface area (Å²) in [5.41, 5.74) is 0. The predicted octanol–water partition coefficient (Wildman–Crippen LogP) is 2.90. The highest BCUT2D eigenvalue weighted by Gasteiger charge is 2.37. The molecule has 2 fully saturated rings. The van der Waals surface area contributed by atoms with Crippen LogP contribution in [-0.2, 0) is 6.42 Å². The van der Waals surface area contributed by atoms with E-state index in [0.29, 0.717) is 32.5 Å². The molecule has 6 nitrogen and oxygen atoms in total. The summed E-state index contributed by atoms with van der Waals surface area (Å²) in [6.45, 7) is 4.73. The highest BCUT2D eigenvalue weighted by molar-refractivity contribution is 7.09. The molecule has 1 aliphatic heterocycles. The topological polar surface area (TPSA) is 61.4 Å². The average Bonchev–Trinajstić information content (AvgIpc) is 2.90. The maximum absolute atomic E-state index is 13.5. The van der Waals surface area contributed by atoms with E-state index in [2.05, 4.69) is 19.6 Å². The summed E-state index contributed by atoms with van der Waals surface area (Å²) < 4.78 is 31.3. The van der Waals surface area contributed by atoms with Gasteiger partial charge in [0.25, 0.3) is 0 Å². The van der Waals surface area contributed by atoms with Gasteiger partial charge in [0.05, 0.1) is 0 Å². The molecule has 0 radical (unpaired) electrons. The zero-order valence-electron chi connectivity index (χ0n) is 14.5. The van der Waals surface area contributed by atoms with Crippen LogP contribution in [0, 0.1) is 0 Å². The summed E-state index contributed by atoms with van der Waals surface area (Å²) in [6, 6.07) is -0.651. The van der Waals surface area contributed by atoms with Crippen LogP contribution in [0.15, 0.2) is 0 Å².